The van der Waals surface area contributed by atoms with Gasteiger partial charge in [0.05, 0.1) is 12.8 Å². The molecule has 2 heterocycles. The van der Waals surface area contributed by atoms with E-state index in [1.165, 1.54) is 0 Å². The summed E-state index contributed by atoms with van der Waals surface area (Å²) in [6.07, 6.45) is 0. The molecule has 0 saturated heterocycles. The molecule has 0 aliphatic rings. The van der Waals surface area contributed by atoms with Crippen molar-refractivity contribution >= 4 is 22.7 Å². The molecule has 0 spiro atoms. The van der Waals surface area contributed by atoms with Crippen molar-refractivity contribution in [3.8, 4) is 17.0 Å². The minimum Gasteiger partial charge on any atom is -0.497 e. The Morgan fingerprint density at radius 2 is 1.89 bits per heavy atom. The van der Waals surface area contributed by atoms with Crippen molar-refractivity contribution in [2.75, 3.05) is 12.4 Å². The maximum absolute atomic E-state index is 12.6. The van der Waals surface area contributed by atoms with Gasteiger partial charge in [-0.05, 0) is 55.5 Å². The molecule has 0 radical (unpaired) electrons. The predicted octanol–water partition coefficient (Wildman–Crippen LogP) is 4.40. The van der Waals surface area contributed by atoms with Crippen LogP contribution in [0.25, 0.3) is 22.2 Å². The predicted molar refractivity (Wildman–Crippen MR) is 104 cm³/mol. The van der Waals surface area contributed by atoms with Gasteiger partial charge in [-0.1, -0.05) is 0 Å². The monoisotopic (exact) mass is 361 g/mol. The molecule has 1 amide bonds. The second-order valence-electron chi connectivity index (χ2n) is 6.33. The van der Waals surface area contributed by atoms with E-state index in [4.69, 9.17) is 9.15 Å². The van der Waals surface area contributed by atoms with E-state index in [-0.39, 0.29) is 5.91 Å². The number of benzene rings is 2. The van der Waals surface area contributed by atoms with E-state index < -0.39 is 0 Å². The smallest absolute Gasteiger partial charge is 0.256 e. The molecule has 1 N–H and O–H groups in total. The number of carbonyl (C=O) groups is 1. The summed E-state index contributed by atoms with van der Waals surface area (Å²) < 4.78 is 12.4. The first-order valence-electron chi connectivity index (χ1n) is 8.53. The summed E-state index contributed by atoms with van der Waals surface area (Å²) in [5, 5.41) is 8.31. The summed E-state index contributed by atoms with van der Waals surface area (Å²) in [6, 6.07) is 16.8. The number of nitrogens with zero attached hydrogens (tertiary/aromatic N) is 2. The van der Waals surface area contributed by atoms with Crippen molar-refractivity contribution in [1.82, 2.24) is 9.78 Å². The Bertz CT molecular complexity index is 1120. The van der Waals surface area contributed by atoms with Crippen molar-refractivity contribution in [3.05, 3.63) is 65.9 Å². The van der Waals surface area contributed by atoms with Gasteiger partial charge in [-0.3, -0.25) is 9.48 Å². The van der Waals surface area contributed by atoms with Crippen molar-refractivity contribution in [3.63, 3.8) is 0 Å². The normalized spacial score (nSPS) is 10.9. The molecular formula is C21H19N3O3. The van der Waals surface area contributed by atoms with Gasteiger partial charge in [0.1, 0.15) is 22.9 Å². The third-order valence-corrected chi connectivity index (χ3v) is 4.41. The second-order valence-corrected chi connectivity index (χ2v) is 6.33. The Morgan fingerprint density at radius 1 is 1.11 bits per heavy atom. The summed E-state index contributed by atoms with van der Waals surface area (Å²) in [6.45, 7) is 1.89. The van der Waals surface area contributed by atoms with E-state index in [2.05, 4.69) is 10.4 Å². The lowest BCUT2D eigenvalue weighted by atomic mass is 10.1. The number of aryl methyl sites for hydroxylation is 2. The first-order valence-corrected chi connectivity index (χ1v) is 8.53. The highest BCUT2D eigenvalue weighted by molar-refractivity contribution is 6.06. The van der Waals surface area contributed by atoms with Gasteiger partial charge in [-0.15, -0.1) is 0 Å². The molecule has 4 aromatic rings. The van der Waals surface area contributed by atoms with Crippen LogP contribution in [0.5, 0.6) is 5.75 Å². The number of furan rings is 1. The van der Waals surface area contributed by atoms with Crippen LogP contribution >= 0.6 is 0 Å². The van der Waals surface area contributed by atoms with Crippen LogP contribution in [0.4, 0.5) is 5.82 Å². The van der Waals surface area contributed by atoms with E-state index in [9.17, 15) is 4.79 Å². The van der Waals surface area contributed by atoms with E-state index in [1.807, 2.05) is 55.5 Å². The van der Waals surface area contributed by atoms with Crippen molar-refractivity contribution in [1.29, 1.82) is 0 Å². The van der Waals surface area contributed by atoms with Crippen LogP contribution in [0, 0.1) is 6.92 Å². The SMILES string of the molecule is COc1ccc(-c2cc(NC(=O)c3ccc4oc(C)cc4c3)n(C)n2)cc1. The lowest BCUT2D eigenvalue weighted by Gasteiger charge is -2.05. The van der Waals surface area contributed by atoms with Crippen LogP contribution in [-0.2, 0) is 7.05 Å². The van der Waals surface area contributed by atoms with E-state index in [0.717, 1.165) is 33.7 Å². The van der Waals surface area contributed by atoms with E-state index in [0.29, 0.717) is 11.4 Å². The Hall–Kier alpha value is -3.54. The number of carbonyl (C=O) groups excluding carboxylic acids is 1. The molecule has 2 aromatic heterocycles. The van der Waals surface area contributed by atoms with Crippen LogP contribution in [0.3, 0.4) is 0 Å². The van der Waals surface area contributed by atoms with Gasteiger partial charge in [-0.2, -0.15) is 5.10 Å². The molecule has 0 fully saturated rings. The molecule has 27 heavy (non-hydrogen) atoms. The molecule has 2 aromatic carbocycles. The maximum atomic E-state index is 12.6. The molecule has 0 aliphatic carbocycles. The summed E-state index contributed by atoms with van der Waals surface area (Å²) in [5.41, 5.74) is 3.06. The van der Waals surface area contributed by atoms with E-state index in [1.54, 1.807) is 24.9 Å². The highest BCUT2D eigenvalue weighted by atomic mass is 16.5. The van der Waals surface area contributed by atoms with Gasteiger partial charge in [0.15, 0.2) is 0 Å². The zero-order valence-electron chi connectivity index (χ0n) is 15.3. The number of hydrogen-bond donors (Lipinski definition) is 1. The lowest BCUT2D eigenvalue weighted by Crippen LogP contribution is -2.14. The van der Waals surface area contributed by atoms with E-state index >= 15 is 0 Å². The Labute approximate surface area is 156 Å². The molecule has 6 heteroatoms. The number of amides is 1. The van der Waals surface area contributed by atoms with Gasteiger partial charge in [0, 0.05) is 29.6 Å². The largest absolute Gasteiger partial charge is 0.497 e. The number of anilines is 1. The van der Waals surface area contributed by atoms with Gasteiger partial charge >= 0.3 is 0 Å². The molecule has 0 atom stereocenters. The molecule has 6 nitrogen and oxygen atoms in total. The average molecular weight is 361 g/mol. The fraction of sp³-hybridized carbons (Fsp3) is 0.143. The summed E-state index contributed by atoms with van der Waals surface area (Å²) in [4.78, 5) is 12.6. The van der Waals surface area contributed by atoms with Gasteiger partial charge < -0.3 is 14.5 Å². The van der Waals surface area contributed by atoms with Crippen molar-refractivity contribution < 1.29 is 13.9 Å². The highest BCUT2D eigenvalue weighted by Crippen LogP contribution is 2.25. The number of fused-ring (bicyclic) bond motifs is 1. The summed E-state index contributed by atoms with van der Waals surface area (Å²) in [5.74, 6) is 2.03. The molecule has 0 unspecified atom stereocenters. The van der Waals surface area contributed by atoms with Crippen LogP contribution < -0.4 is 10.1 Å². The Balaban J connectivity index is 1.57. The third kappa shape index (κ3) is 3.29. The topological polar surface area (TPSA) is 69.3 Å². The lowest BCUT2D eigenvalue weighted by molar-refractivity contribution is 0.102. The number of nitrogens with one attached hydrogen (secondary N) is 1. The quantitative estimate of drug-likeness (QED) is 0.585. The minimum absolute atomic E-state index is 0.194. The third-order valence-electron chi connectivity index (χ3n) is 4.41. The fourth-order valence-corrected chi connectivity index (χ4v) is 2.99. The van der Waals surface area contributed by atoms with Crippen molar-refractivity contribution in [2.45, 2.75) is 6.92 Å². The fourth-order valence-electron chi connectivity index (χ4n) is 2.99. The summed E-state index contributed by atoms with van der Waals surface area (Å²) in [7, 11) is 3.43. The molecule has 0 bridgehead atoms. The highest BCUT2D eigenvalue weighted by Gasteiger charge is 2.13. The van der Waals surface area contributed by atoms with Crippen LogP contribution in [0.15, 0.2) is 59.0 Å². The van der Waals surface area contributed by atoms with Crippen LogP contribution in [-0.4, -0.2) is 22.8 Å². The molecule has 136 valence electrons. The number of ether oxygens (including phenoxy) is 1. The van der Waals surface area contributed by atoms with Gasteiger partial charge in [0.25, 0.3) is 5.91 Å². The second kappa shape index (κ2) is 6.64. The number of rotatable bonds is 4. The summed E-state index contributed by atoms with van der Waals surface area (Å²) >= 11 is 0. The molecule has 0 saturated carbocycles. The molecular weight excluding hydrogens is 342 g/mol. The Kier molecular flexibility index (Phi) is 4.16. The average Bonchev–Trinajstić information content (AvgIpc) is 3.22. The number of aromatic nitrogens is 2. The first-order chi connectivity index (χ1) is 13.0. The van der Waals surface area contributed by atoms with Crippen molar-refractivity contribution in [2.24, 2.45) is 7.05 Å². The maximum Gasteiger partial charge on any atom is 0.256 e. The van der Waals surface area contributed by atoms with Gasteiger partial charge in [0.2, 0.25) is 0 Å². The van der Waals surface area contributed by atoms with Crippen LogP contribution in [0.2, 0.25) is 0 Å². The van der Waals surface area contributed by atoms with Crippen LogP contribution in [0.1, 0.15) is 16.1 Å². The number of hydrogen-bond acceptors (Lipinski definition) is 4. The Morgan fingerprint density at radius 3 is 2.63 bits per heavy atom. The van der Waals surface area contributed by atoms with Gasteiger partial charge in [-0.25, -0.2) is 0 Å². The minimum atomic E-state index is -0.194. The first kappa shape index (κ1) is 16.9. The molecule has 4 rings (SSSR count). The standard InChI is InChI=1S/C21H19N3O3/c1-13-10-16-11-15(6-9-19(16)27-13)21(25)22-20-12-18(23-24(20)2)14-4-7-17(26-3)8-5-14/h4-12H,1-3H3,(H,22,25). The zero-order chi connectivity index (χ0) is 19.0. The zero-order valence-corrected chi connectivity index (χ0v) is 15.3. The number of methoxy groups -OCH3 is 1. The molecule has 0 aliphatic heterocycles.